The van der Waals surface area contributed by atoms with E-state index in [9.17, 15) is 0 Å². The molecule has 3 heterocycles. The van der Waals surface area contributed by atoms with Gasteiger partial charge in [0.1, 0.15) is 0 Å². The van der Waals surface area contributed by atoms with Crippen molar-refractivity contribution in [1.29, 1.82) is 0 Å². The van der Waals surface area contributed by atoms with E-state index >= 15 is 0 Å². The minimum atomic E-state index is 0.676. The third kappa shape index (κ3) is 3.41. The van der Waals surface area contributed by atoms with Gasteiger partial charge in [0.05, 0.1) is 0 Å². The molecule has 3 atom stereocenters. The van der Waals surface area contributed by atoms with Crippen molar-refractivity contribution < 1.29 is 0 Å². The lowest BCUT2D eigenvalue weighted by molar-refractivity contribution is 0.0552. The van der Waals surface area contributed by atoms with Crippen LogP contribution >= 0.6 is 0 Å². The Balaban J connectivity index is 1.45. The maximum Gasteiger partial charge on any atom is 0.0366 e. The number of hydrogen-bond acceptors (Lipinski definition) is 2. The third-order valence-corrected chi connectivity index (χ3v) is 6.67. The number of hydrogen-bond donors (Lipinski definition) is 1. The number of rotatable bonds is 5. The van der Waals surface area contributed by atoms with Crippen molar-refractivity contribution in [2.75, 3.05) is 19.6 Å². The molecule has 2 heteroatoms. The van der Waals surface area contributed by atoms with Crippen molar-refractivity contribution in [3.63, 3.8) is 0 Å². The summed E-state index contributed by atoms with van der Waals surface area (Å²) in [5.41, 5.74) is 4.87. The highest BCUT2D eigenvalue weighted by Crippen LogP contribution is 2.40. The van der Waals surface area contributed by atoms with Crippen LogP contribution in [0.25, 0.3) is 0 Å². The Labute approximate surface area is 148 Å². The summed E-state index contributed by atoms with van der Waals surface area (Å²) in [5, 5.41) is 3.81. The van der Waals surface area contributed by atoms with Crippen LogP contribution in [0.1, 0.15) is 74.6 Å². The van der Waals surface area contributed by atoms with Gasteiger partial charge in [-0.2, -0.15) is 0 Å². The van der Waals surface area contributed by atoms with Crippen molar-refractivity contribution in [2.45, 2.75) is 76.8 Å². The molecule has 0 aromatic heterocycles. The number of nitrogens with zero attached hydrogens (tertiary/aromatic N) is 1. The quantitative estimate of drug-likeness (QED) is 0.803. The first kappa shape index (κ1) is 16.6. The summed E-state index contributed by atoms with van der Waals surface area (Å²) in [4.78, 5) is 2.79. The number of aryl methyl sites for hydroxylation is 1. The molecule has 2 saturated heterocycles. The molecule has 1 aromatic carbocycles. The maximum atomic E-state index is 3.81. The van der Waals surface area contributed by atoms with E-state index in [2.05, 4.69) is 35.3 Å². The van der Waals surface area contributed by atoms with E-state index < -0.39 is 0 Å². The third-order valence-electron chi connectivity index (χ3n) is 6.67. The average Bonchev–Trinajstić information content (AvgIpc) is 2.63. The predicted octanol–water partition coefficient (Wildman–Crippen LogP) is 4.48. The van der Waals surface area contributed by atoms with Crippen LogP contribution in [0.3, 0.4) is 0 Å². The topological polar surface area (TPSA) is 15.3 Å². The fraction of sp³-hybridized carbons (Fsp3) is 0.727. The summed E-state index contributed by atoms with van der Waals surface area (Å²) in [6.07, 6.45) is 12.1. The van der Waals surface area contributed by atoms with Crippen molar-refractivity contribution in [3.05, 3.63) is 34.9 Å². The second-order valence-corrected chi connectivity index (χ2v) is 8.30. The van der Waals surface area contributed by atoms with Gasteiger partial charge in [0.15, 0.2) is 0 Å². The lowest BCUT2D eigenvalue weighted by Gasteiger charge is -2.49. The Kier molecular flexibility index (Phi) is 5.24. The van der Waals surface area contributed by atoms with E-state index in [1.54, 1.807) is 16.7 Å². The van der Waals surface area contributed by atoms with Crippen LogP contribution in [-0.4, -0.2) is 30.6 Å². The van der Waals surface area contributed by atoms with Gasteiger partial charge in [-0.1, -0.05) is 44.4 Å². The van der Waals surface area contributed by atoms with Gasteiger partial charge in [-0.15, -0.1) is 0 Å². The average molecular weight is 327 g/mol. The van der Waals surface area contributed by atoms with Crippen molar-refractivity contribution in [1.82, 2.24) is 10.2 Å². The van der Waals surface area contributed by atoms with E-state index in [1.807, 2.05) is 0 Å². The van der Waals surface area contributed by atoms with E-state index in [1.165, 1.54) is 77.4 Å². The summed E-state index contributed by atoms with van der Waals surface area (Å²) in [7, 11) is 0. The number of nitrogens with one attached hydrogen (secondary N) is 1. The monoisotopic (exact) mass is 326 g/mol. The smallest absolute Gasteiger partial charge is 0.0366 e. The molecule has 0 spiro atoms. The molecule has 0 aliphatic carbocycles. The second-order valence-electron chi connectivity index (χ2n) is 8.30. The van der Waals surface area contributed by atoms with E-state index in [-0.39, 0.29) is 0 Å². The van der Waals surface area contributed by atoms with Crippen molar-refractivity contribution >= 4 is 0 Å². The molecule has 0 bridgehead atoms. The van der Waals surface area contributed by atoms with E-state index in [0.717, 1.165) is 12.0 Å². The summed E-state index contributed by atoms with van der Waals surface area (Å²) >= 11 is 0. The lowest BCUT2D eigenvalue weighted by Crippen LogP contribution is -2.54. The molecule has 0 radical (unpaired) electrons. The molecular formula is C22H34N2. The standard InChI is InChI=1S/C22H34N2/c1-2-3-4-5-7-17-9-10-20-18(14-17)11-13-24-16-19-8-6-12-23-21(19)15-22(20)24/h9-10,14,19,21-23H,2-8,11-13,15-16H2,1H3/t19-,21+,22-/m1/s1. The number of piperidine rings is 2. The molecule has 0 saturated carbocycles. The molecule has 132 valence electrons. The van der Waals surface area contributed by atoms with Crippen LogP contribution < -0.4 is 5.32 Å². The molecule has 0 unspecified atom stereocenters. The highest BCUT2D eigenvalue weighted by atomic mass is 15.2. The van der Waals surface area contributed by atoms with Gasteiger partial charge >= 0.3 is 0 Å². The molecule has 4 rings (SSSR count). The zero-order valence-corrected chi connectivity index (χ0v) is 15.4. The van der Waals surface area contributed by atoms with Crippen LogP contribution in [0.15, 0.2) is 18.2 Å². The molecule has 24 heavy (non-hydrogen) atoms. The van der Waals surface area contributed by atoms with Crippen LogP contribution in [-0.2, 0) is 12.8 Å². The SMILES string of the molecule is CCCCCCc1ccc2c(c1)CCN1C[C@H]3CCCN[C@H]3C[C@H]21. The first-order valence-corrected chi connectivity index (χ1v) is 10.4. The van der Waals surface area contributed by atoms with Crippen LogP contribution in [0.4, 0.5) is 0 Å². The number of benzene rings is 1. The van der Waals surface area contributed by atoms with Gasteiger partial charge in [0, 0.05) is 25.2 Å². The van der Waals surface area contributed by atoms with Gasteiger partial charge in [-0.05, 0) is 67.7 Å². The molecule has 2 nitrogen and oxygen atoms in total. The first-order valence-electron chi connectivity index (χ1n) is 10.4. The van der Waals surface area contributed by atoms with E-state index in [0.29, 0.717) is 6.04 Å². The number of unbranched alkanes of at least 4 members (excludes halogenated alkanes) is 3. The van der Waals surface area contributed by atoms with Gasteiger partial charge < -0.3 is 5.32 Å². The minimum Gasteiger partial charge on any atom is -0.314 e. The molecule has 3 aliphatic rings. The van der Waals surface area contributed by atoms with Gasteiger partial charge in [-0.3, -0.25) is 4.90 Å². The van der Waals surface area contributed by atoms with Crippen LogP contribution in [0, 0.1) is 5.92 Å². The van der Waals surface area contributed by atoms with E-state index in [4.69, 9.17) is 0 Å². The Morgan fingerprint density at radius 2 is 2.17 bits per heavy atom. The van der Waals surface area contributed by atoms with Crippen molar-refractivity contribution in [3.8, 4) is 0 Å². The van der Waals surface area contributed by atoms with Gasteiger partial charge in [-0.25, -0.2) is 0 Å². The van der Waals surface area contributed by atoms with Crippen LogP contribution in [0.2, 0.25) is 0 Å². The Morgan fingerprint density at radius 1 is 1.21 bits per heavy atom. The normalized spacial score (nSPS) is 29.6. The summed E-state index contributed by atoms with van der Waals surface area (Å²) in [5.74, 6) is 0.898. The zero-order chi connectivity index (χ0) is 16.4. The minimum absolute atomic E-state index is 0.676. The fourth-order valence-electron chi connectivity index (χ4n) is 5.28. The highest BCUT2D eigenvalue weighted by molar-refractivity contribution is 5.37. The first-order chi connectivity index (χ1) is 11.8. The molecular weight excluding hydrogens is 292 g/mol. The predicted molar refractivity (Wildman–Crippen MR) is 101 cm³/mol. The summed E-state index contributed by atoms with van der Waals surface area (Å²) < 4.78 is 0. The Morgan fingerprint density at radius 3 is 3.08 bits per heavy atom. The summed E-state index contributed by atoms with van der Waals surface area (Å²) in [6, 6.07) is 8.88. The fourth-order valence-corrected chi connectivity index (χ4v) is 5.28. The second kappa shape index (κ2) is 7.58. The van der Waals surface area contributed by atoms with Gasteiger partial charge in [0.2, 0.25) is 0 Å². The molecule has 2 fully saturated rings. The lowest BCUT2D eigenvalue weighted by atomic mass is 9.77. The highest BCUT2D eigenvalue weighted by Gasteiger charge is 2.39. The van der Waals surface area contributed by atoms with Crippen LogP contribution in [0.5, 0.6) is 0 Å². The van der Waals surface area contributed by atoms with Gasteiger partial charge in [0.25, 0.3) is 0 Å². The Bertz CT molecular complexity index is 553. The summed E-state index contributed by atoms with van der Waals surface area (Å²) in [6.45, 7) is 6.12. The van der Waals surface area contributed by atoms with Crippen molar-refractivity contribution in [2.24, 2.45) is 5.92 Å². The Hall–Kier alpha value is -0.860. The molecule has 1 N–H and O–H groups in total. The zero-order valence-electron chi connectivity index (χ0n) is 15.4. The molecule has 3 aliphatic heterocycles. The molecule has 1 aromatic rings. The number of fused-ring (bicyclic) bond motifs is 4. The maximum absolute atomic E-state index is 3.81. The molecule has 0 amide bonds. The largest absolute Gasteiger partial charge is 0.314 e.